The molecule has 0 bridgehead atoms. The molecule has 0 atom stereocenters. The fourth-order valence-electron chi connectivity index (χ4n) is 1.50. The van der Waals surface area contributed by atoms with Gasteiger partial charge in [-0.3, -0.25) is 4.68 Å². The number of sulfonamides is 1. The summed E-state index contributed by atoms with van der Waals surface area (Å²) in [7, 11) is -1.62. The average molecular weight is 301 g/mol. The van der Waals surface area contributed by atoms with E-state index in [0.29, 0.717) is 18.0 Å². The van der Waals surface area contributed by atoms with E-state index in [4.69, 9.17) is 0 Å². The number of hydrogen-bond acceptors (Lipinski definition) is 6. The Balaban J connectivity index is 1.93. The van der Waals surface area contributed by atoms with Gasteiger partial charge >= 0.3 is 0 Å². The van der Waals surface area contributed by atoms with Gasteiger partial charge in [0.25, 0.3) is 0 Å². The predicted octanol–water partition coefficient (Wildman–Crippen LogP) is 0.0375. The number of aromatic nitrogens is 3. The Kier molecular flexibility index (Phi) is 4.64. The van der Waals surface area contributed by atoms with Crippen molar-refractivity contribution in [2.45, 2.75) is 18.0 Å². The standard InChI is InChI=1S/C10H15N5O2S2/c1-11-7-9-6-10(8-18-9)19(16,17)13-3-5-15-4-2-12-14-15/h2,4,6,8,11,13H,3,5,7H2,1H3. The molecule has 0 unspecified atom stereocenters. The van der Waals surface area contributed by atoms with Crippen molar-refractivity contribution in [1.29, 1.82) is 0 Å². The fraction of sp³-hybridized carbons (Fsp3) is 0.400. The highest BCUT2D eigenvalue weighted by Gasteiger charge is 2.15. The lowest BCUT2D eigenvalue weighted by Gasteiger charge is -2.04. The lowest BCUT2D eigenvalue weighted by Crippen LogP contribution is -2.27. The van der Waals surface area contributed by atoms with Crippen LogP contribution < -0.4 is 10.0 Å². The Morgan fingerprint density at radius 1 is 1.47 bits per heavy atom. The first-order chi connectivity index (χ1) is 9.12. The number of rotatable bonds is 7. The monoisotopic (exact) mass is 301 g/mol. The van der Waals surface area contributed by atoms with Crippen molar-refractivity contribution in [2.75, 3.05) is 13.6 Å². The van der Waals surface area contributed by atoms with Crippen molar-refractivity contribution in [2.24, 2.45) is 0 Å². The summed E-state index contributed by atoms with van der Waals surface area (Å²) < 4.78 is 28.1. The van der Waals surface area contributed by atoms with E-state index in [2.05, 4.69) is 20.4 Å². The quantitative estimate of drug-likeness (QED) is 0.753. The second-order valence-corrected chi connectivity index (χ2v) is 6.61. The molecule has 104 valence electrons. The first-order valence-corrected chi connectivity index (χ1v) is 8.04. The molecule has 2 aromatic heterocycles. The SMILES string of the molecule is CNCc1cc(S(=O)(=O)NCCn2ccnn2)cs1. The first kappa shape index (κ1) is 14.1. The molecule has 19 heavy (non-hydrogen) atoms. The number of nitrogens with one attached hydrogen (secondary N) is 2. The van der Waals surface area contributed by atoms with Crippen LogP contribution in [0.2, 0.25) is 0 Å². The van der Waals surface area contributed by atoms with Crippen LogP contribution in [0.15, 0.2) is 28.7 Å². The summed E-state index contributed by atoms with van der Waals surface area (Å²) in [6.07, 6.45) is 3.24. The number of thiophene rings is 1. The van der Waals surface area contributed by atoms with Crippen molar-refractivity contribution >= 4 is 21.4 Å². The van der Waals surface area contributed by atoms with Gasteiger partial charge < -0.3 is 5.32 Å². The second kappa shape index (κ2) is 6.24. The molecule has 0 amide bonds. The van der Waals surface area contributed by atoms with Crippen LogP contribution >= 0.6 is 11.3 Å². The van der Waals surface area contributed by atoms with E-state index in [0.717, 1.165) is 4.88 Å². The van der Waals surface area contributed by atoms with Gasteiger partial charge in [-0.1, -0.05) is 5.21 Å². The van der Waals surface area contributed by atoms with Gasteiger partial charge in [-0.05, 0) is 13.1 Å². The van der Waals surface area contributed by atoms with Gasteiger partial charge in [0, 0.05) is 29.5 Å². The normalized spacial score (nSPS) is 11.8. The number of nitrogens with zero attached hydrogens (tertiary/aromatic N) is 3. The molecule has 0 radical (unpaired) electrons. The maximum Gasteiger partial charge on any atom is 0.241 e. The van der Waals surface area contributed by atoms with E-state index in [1.54, 1.807) is 28.5 Å². The minimum absolute atomic E-state index is 0.281. The van der Waals surface area contributed by atoms with E-state index in [-0.39, 0.29) is 6.54 Å². The minimum atomic E-state index is -3.44. The highest BCUT2D eigenvalue weighted by Crippen LogP contribution is 2.18. The lowest BCUT2D eigenvalue weighted by molar-refractivity contribution is 0.553. The molecular formula is C10H15N5O2S2. The molecule has 2 aromatic rings. The zero-order valence-corrected chi connectivity index (χ0v) is 12.0. The zero-order valence-electron chi connectivity index (χ0n) is 10.4. The van der Waals surface area contributed by atoms with E-state index >= 15 is 0 Å². The molecule has 0 spiro atoms. The van der Waals surface area contributed by atoms with Gasteiger partial charge in [-0.15, -0.1) is 16.4 Å². The smallest absolute Gasteiger partial charge is 0.241 e. The van der Waals surface area contributed by atoms with Crippen LogP contribution in [0.3, 0.4) is 0 Å². The van der Waals surface area contributed by atoms with Gasteiger partial charge in [-0.25, -0.2) is 13.1 Å². The molecule has 0 saturated carbocycles. The van der Waals surface area contributed by atoms with Crippen LogP contribution in [0, 0.1) is 0 Å². The lowest BCUT2D eigenvalue weighted by atomic mass is 10.5. The van der Waals surface area contributed by atoms with Crippen LogP contribution in [0.25, 0.3) is 0 Å². The minimum Gasteiger partial charge on any atom is -0.315 e. The Bertz CT molecular complexity index is 606. The third-order valence-corrected chi connectivity index (χ3v) is 4.92. The Morgan fingerprint density at radius 3 is 3.00 bits per heavy atom. The molecule has 7 nitrogen and oxygen atoms in total. The van der Waals surface area contributed by atoms with Crippen LogP contribution in [-0.4, -0.2) is 37.0 Å². The topological polar surface area (TPSA) is 88.9 Å². The molecule has 2 rings (SSSR count). The Morgan fingerprint density at radius 2 is 2.32 bits per heavy atom. The molecule has 0 saturated heterocycles. The van der Waals surface area contributed by atoms with Gasteiger partial charge in [0.15, 0.2) is 0 Å². The summed E-state index contributed by atoms with van der Waals surface area (Å²) in [5, 5.41) is 12.0. The van der Waals surface area contributed by atoms with Crippen molar-refractivity contribution in [1.82, 2.24) is 25.0 Å². The molecule has 0 aliphatic heterocycles. The van der Waals surface area contributed by atoms with E-state index < -0.39 is 10.0 Å². The maximum atomic E-state index is 12.0. The van der Waals surface area contributed by atoms with Gasteiger partial charge in [0.1, 0.15) is 0 Å². The Hall–Kier alpha value is -1.29. The van der Waals surface area contributed by atoms with Crippen molar-refractivity contribution in [3.63, 3.8) is 0 Å². The van der Waals surface area contributed by atoms with E-state index in [9.17, 15) is 8.42 Å². The summed E-state index contributed by atoms with van der Waals surface area (Å²) >= 11 is 1.42. The van der Waals surface area contributed by atoms with Crippen LogP contribution in [0.4, 0.5) is 0 Å². The Labute approximate surface area is 115 Å². The molecule has 0 aliphatic carbocycles. The molecule has 9 heteroatoms. The number of hydrogen-bond donors (Lipinski definition) is 2. The molecular weight excluding hydrogens is 286 g/mol. The van der Waals surface area contributed by atoms with Gasteiger partial charge in [0.05, 0.1) is 17.6 Å². The largest absolute Gasteiger partial charge is 0.315 e. The van der Waals surface area contributed by atoms with Gasteiger partial charge in [-0.2, -0.15) is 0 Å². The highest BCUT2D eigenvalue weighted by molar-refractivity contribution is 7.89. The third-order valence-electron chi connectivity index (χ3n) is 2.40. The third kappa shape index (κ3) is 3.83. The summed E-state index contributed by atoms with van der Waals surface area (Å²) in [6.45, 7) is 1.40. The summed E-state index contributed by atoms with van der Waals surface area (Å²) in [6, 6.07) is 1.68. The second-order valence-electron chi connectivity index (χ2n) is 3.84. The van der Waals surface area contributed by atoms with Crippen molar-refractivity contribution in [3.8, 4) is 0 Å². The molecule has 2 heterocycles. The average Bonchev–Trinajstić information content (AvgIpc) is 3.00. The van der Waals surface area contributed by atoms with Crippen LogP contribution in [-0.2, 0) is 23.1 Å². The summed E-state index contributed by atoms with van der Waals surface area (Å²) in [5.74, 6) is 0. The summed E-state index contributed by atoms with van der Waals surface area (Å²) in [4.78, 5) is 1.29. The van der Waals surface area contributed by atoms with Crippen LogP contribution in [0.1, 0.15) is 4.88 Å². The fourth-order valence-corrected chi connectivity index (χ4v) is 3.81. The molecule has 2 N–H and O–H groups in total. The van der Waals surface area contributed by atoms with Gasteiger partial charge in [0.2, 0.25) is 10.0 Å². The molecule has 0 aromatic carbocycles. The predicted molar refractivity (Wildman–Crippen MR) is 72.3 cm³/mol. The zero-order chi connectivity index (χ0) is 13.7. The van der Waals surface area contributed by atoms with E-state index in [1.165, 1.54) is 11.3 Å². The summed E-state index contributed by atoms with van der Waals surface area (Å²) in [5.41, 5.74) is 0. The van der Waals surface area contributed by atoms with Crippen molar-refractivity contribution < 1.29 is 8.42 Å². The highest BCUT2D eigenvalue weighted by atomic mass is 32.2. The first-order valence-electron chi connectivity index (χ1n) is 5.67. The molecule has 0 aliphatic rings. The van der Waals surface area contributed by atoms with Crippen molar-refractivity contribution in [3.05, 3.63) is 28.7 Å². The van der Waals surface area contributed by atoms with E-state index in [1.807, 2.05) is 7.05 Å². The molecule has 0 fully saturated rings. The maximum absolute atomic E-state index is 12.0. The van der Waals surface area contributed by atoms with Crippen LogP contribution in [0.5, 0.6) is 0 Å².